The van der Waals surface area contributed by atoms with Crippen molar-refractivity contribution < 1.29 is 8.78 Å². The highest BCUT2D eigenvalue weighted by atomic mass is 19.1. The predicted molar refractivity (Wildman–Crippen MR) is 170 cm³/mol. The first-order chi connectivity index (χ1) is 21.1. The Labute approximate surface area is 246 Å². The lowest BCUT2D eigenvalue weighted by atomic mass is 9.98. The van der Waals surface area contributed by atoms with E-state index in [2.05, 4.69) is 65.2 Å². The fourth-order valence-corrected chi connectivity index (χ4v) is 5.99. The Balaban J connectivity index is 1.22. The van der Waals surface area contributed by atoms with Gasteiger partial charge < -0.3 is 0 Å². The van der Waals surface area contributed by atoms with Crippen molar-refractivity contribution in [1.82, 2.24) is 14.5 Å². The van der Waals surface area contributed by atoms with Gasteiger partial charge in [-0.2, -0.15) is 0 Å². The van der Waals surface area contributed by atoms with Crippen LogP contribution in [0.25, 0.3) is 72.0 Å². The van der Waals surface area contributed by atoms with Crippen molar-refractivity contribution in [3.63, 3.8) is 0 Å². The molecular weight excluding hydrogens is 536 g/mol. The zero-order valence-corrected chi connectivity index (χ0v) is 22.9. The smallest absolute Gasteiger partial charge is 0.235 e. The lowest BCUT2D eigenvalue weighted by Crippen LogP contribution is -2.02. The molecule has 0 unspecified atom stereocenters. The van der Waals surface area contributed by atoms with E-state index >= 15 is 0 Å². The van der Waals surface area contributed by atoms with Gasteiger partial charge in [0.2, 0.25) is 5.95 Å². The first-order valence-electron chi connectivity index (χ1n) is 14.0. The van der Waals surface area contributed by atoms with Crippen LogP contribution in [-0.4, -0.2) is 14.5 Å². The number of nitrogens with zero attached hydrogens (tertiary/aromatic N) is 3. The van der Waals surface area contributed by atoms with Gasteiger partial charge in [-0.15, -0.1) is 0 Å². The molecule has 0 aliphatic rings. The van der Waals surface area contributed by atoms with Crippen LogP contribution in [0.2, 0.25) is 0 Å². The zero-order chi connectivity index (χ0) is 28.9. The Bertz CT molecular complexity index is 2300. The highest BCUT2D eigenvalue weighted by Crippen LogP contribution is 2.36. The van der Waals surface area contributed by atoms with Gasteiger partial charge in [0.05, 0.1) is 16.7 Å². The van der Waals surface area contributed by atoms with Gasteiger partial charge >= 0.3 is 0 Å². The van der Waals surface area contributed by atoms with E-state index in [4.69, 9.17) is 9.97 Å². The first kappa shape index (κ1) is 25.1. The van der Waals surface area contributed by atoms with Gasteiger partial charge in [0, 0.05) is 34.0 Å². The second-order valence-electron chi connectivity index (χ2n) is 10.6. The number of hydrogen-bond acceptors (Lipinski definition) is 2. The van der Waals surface area contributed by atoms with Crippen molar-refractivity contribution in [1.29, 1.82) is 0 Å². The summed E-state index contributed by atoms with van der Waals surface area (Å²) in [4.78, 5) is 9.82. The average Bonchev–Trinajstić information content (AvgIpc) is 3.39. The summed E-state index contributed by atoms with van der Waals surface area (Å²) in [6.07, 6.45) is 1.81. The van der Waals surface area contributed by atoms with Crippen molar-refractivity contribution >= 4 is 32.6 Å². The molecule has 3 nitrogen and oxygen atoms in total. The fraction of sp³-hybridized carbons (Fsp3) is 0. The van der Waals surface area contributed by atoms with Crippen LogP contribution in [0.5, 0.6) is 0 Å². The van der Waals surface area contributed by atoms with Crippen molar-refractivity contribution in [3.8, 4) is 39.5 Å². The van der Waals surface area contributed by atoms with Gasteiger partial charge in [0.1, 0.15) is 11.6 Å². The molecule has 0 bridgehead atoms. The maximum Gasteiger partial charge on any atom is 0.235 e. The summed E-state index contributed by atoms with van der Waals surface area (Å²) in [5.41, 5.74) is 7.17. The number of para-hydroxylation sites is 1. The van der Waals surface area contributed by atoms with Crippen LogP contribution in [0.1, 0.15) is 0 Å². The summed E-state index contributed by atoms with van der Waals surface area (Å²) in [5.74, 6) is -0.577. The lowest BCUT2D eigenvalue weighted by Gasteiger charge is -2.11. The van der Waals surface area contributed by atoms with E-state index in [1.807, 2.05) is 60.8 Å². The monoisotopic (exact) mass is 559 g/mol. The molecule has 0 atom stereocenters. The zero-order valence-electron chi connectivity index (χ0n) is 22.9. The number of benzene rings is 6. The van der Waals surface area contributed by atoms with Crippen LogP contribution < -0.4 is 0 Å². The van der Waals surface area contributed by atoms with Gasteiger partial charge in [0.15, 0.2) is 0 Å². The largest absolute Gasteiger partial charge is 0.277 e. The normalized spacial score (nSPS) is 11.5. The first-order valence-corrected chi connectivity index (χ1v) is 14.0. The summed E-state index contributed by atoms with van der Waals surface area (Å²) >= 11 is 0. The van der Waals surface area contributed by atoms with E-state index in [-0.39, 0.29) is 0 Å². The molecule has 0 spiro atoms. The second-order valence-corrected chi connectivity index (χ2v) is 10.6. The third kappa shape index (κ3) is 4.34. The molecule has 2 aromatic heterocycles. The molecule has 0 N–H and O–H groups in total. The third-order valence-corrected chi connectivity index (χ3v) is 7.97. The molecule has 0 saturated carbocycles. The number of aromatic nitrogens is 3. The average molecular weight is 560 g/mol. The minimum absolute atomic E-state index is 0.504. The van der Waals surface area contributed by atoms with Gasteiger partial charge in [0.25, 0.3) is 0 Å². The third-order valence-electron chi connectivity index (χ3n) is 7.97. The Morgan fingerprint density at radius 3 is 2.00 bits per heavy atom. The Morgan fingerprint density at radius 2 is 1.19 bits per heavy atom. The molecule has 8 aromatic rings. The Morgan fingerprint density at radius 1 is 0.488 bits per heavy atom. The molecule has 6 aromatic carbocycles. The van der Waals surface area contributed by atoms with Gasteiger partial charge in [-0.05, 0) is 58.0 Å². The highest BCUT2D eigenvalue weighted by molar-refractivity contribution is 6.18. The van der Waals surface area contributed by atoms with Crippen molar-refractivity contribution in [2.75, 3.05) is 0 Å². The second kappa shape index (κ2) is 10.00. The molecule has 204 valence electrons. The van der Waals surface area contributed by atoms with Gasteiger partial charge in [-0.1, -0.05) is 97.1 Å². The summed E-state index contributed by atoms with van der Waals surface area (Å²) in [6.45, 7) is 0. The van der Waals surface area contributed by atoms with Crippen LogP contribution in [-0.2, 0) is 0 Å². The van der Waals surface area contributed by atoms with Crippen LogP contribution in [0.15, 0.2) is 140 Å². The van der Waals surface area contributed by atoms with Crippen LogP contribution in [0.3, 0.4) is 0 Å². The Hall–Kier alpha value is -5.68. The molecule has 0 saturated heterocycles. The molecule has 0 radical (unpaired) electrons. The molecule has 0 amide bonds. The van der Waals surface area contributed by atoms with Crippen molar-refractivity contribution in [3.05, 3.63) is 151 Å². The van der Waals surface area contributed by atoms with Crippen LogP contribution in [0, 0.1) is 11.6 Å². The van der Waals surface area contributed by atoms with Crippen molar-refractivity contribution in [2.45, 2.75) is 0 Å². The number of halogens is 2. The predicted octanol–water partition coefficient (Wildman–Crippen LogP) is 10.0. The van der Waals surface area contributed by atoms with E-state index < -0.39 is 11.6 Å². The van der Waals surface area contributed by atoms with E-state index in [1.54, 1.807) is 0 Å². The van der Waals surface area contributed by atoms with E-state index in [9.17, 15) is 8.78 Å². The molecule has 0 aliphatic carbocycles. The molecule has 5 heteroatoms. The van der Waals surface area contributed by atoms with Crippen LogP contribution >= 0.6 is 0 Å². The van der Waals surface area contributed by atoms with Crippen LogP contribution in [0.4, 0.5) is 8.78 Å². The molecule has 0 aliphatic heterocycles. The minimum atomic E-state index is -0.593. The van der Waals surface area contributed by atoms with Gasteiger partial charge in [-0.3, -0.25) is 4.57 Å². The fourth-order valence-electron chi connectivity index (χ4n) is 5.99. The maximum atomic E-state index is 13.8. The molecule has 0 fully saturated rings. The number of rotatable bonds is 4. The summed E-state index contributed by atoms with van der Waals surface area (Å²) < 4.78 is 29.7. The quantitative estimate of drug-likeness (QED) is 0.215. The molecule has 43 heavy (non-hydrogen) atoms. The van der Waals surface area contributed by atoms with E-state index in [0.29, 0.717) is 11.5 Å². The lowest BCUT2D eigenvalue weighted by molar-refractivity contribution is 0.584. The highest BCUT2D eigenvalue weighted by Gasteiger charge is 2.17. The standard InChI is InChI=1S/C38H23F2N3/c39-30-21-29(22-31(40)23-30)25-14-12-24(13-15-25)27-7-5-8-28(20-27)35-18-19-41-38(42-35)43-36-11-4-3-10-33(36)34-17-16-26-6-1-2-9-32(26)37(34)43/h1-23H. The summed E-state index contributed by atoms with van der Waals surface area (Å²) in [5, 5.41) is 4.63. The van der Waals surface area contributed by atoms with E-state index in [0.717, 1.165) is 66.6 Å². The molecular formula is C38H23F2N3. The molecule has 2 heterocycles. The summed E-state index contributed by atoms with van der Waals surface area (Å²) in [7, 11) is 0. The van der Waals surface area contributed by atoms with Gasteiger partial charge in [-0.25, -0.2) is 18.7 Å². The molecule has 8 rings (SSSR count). The van der Waals surface area contributed by atoms with Crippen molar-refractivity contribution in [2.24, 2.45) is 0 Å². The SMILES string of the molecule is Fc1cc(F)cc(-c2ccc(-c3cccc(-c4ccnc(-n5c6ccccc6c6ccc7ccccc7c65)n4)c3)cc2)c1. The summed E-state index contributed by atoms with van der Waals surface area (Å²) in [6, 6.07) is 42.5. The maximum absolute atomic E-state index is 13.8. The van der Waals surface area contributed by atoms with E-state index in [1.165, 1.54) is 12.1 Å². The number of hydrogen-bond donors (Lipinski definition) is 0. The number of fused-ring (bicyclic) bond motifs is 5. The minimum Gasteiger partial charge on any atom is -0.277 e. The topological polar surface area (TPSA) is 30.7 Å². The Kier molecular flexibility index (Phi) is 5.83.